The van der Waals surface area contributed by atoms with E-state index < -0.39 is 47.1 Å². The topological polar surface area (TPSA) is 96.2 Å². The molecule has 7 bridgehead atoms. The van der Waals surface area contributed by atoms with E-state index in [0.717, 1.165) is 12.8 Å². The third-order valence-corrected chi connectivity index (χ3v) is 9.14. The summed E-state index contributed by atoms with van der Waals surface area (Å²) in [5, 5.41) is 34.3. The Morgan fingerprint density at radius 3 is 2.65 bits per heavy atom. The van der Waals surface area contributed by atoms with Gasteiger partial charge in [0.1, 0.15) is 11.5 Å². The summed E-state index contributed by atoms with van der Waals surface area (Å²) in [5.41, 5.74) is -2.03. The fourth-order valence-corrected chi connectivity index (χ4v) is 8.38. The van der Waals surface area contributed by atoms with Gasteiger partial charge in [0.05, 0.1) is 17.6 Å². The quantitative estimate of drug-likeness (QED) is 0.550. The van der Waals surface area contributed by atoms with Crippen molar-refractivity contribution in [3.8, 4) is 0 Å². The molecule has 8 aliphatic rings. The van der Waals surface area contributed by atoms with Crippen molar-refractivity contribution >= 4 is 5.78 Å². The van der Waals surface area contributed by atoms with Gasteiger partial charge in [-0.3, -0.25) is 4.79 Å². The maximum absolute atomic E-state index is 13.4. The molecule has 1 unspecified atom stereocenters. The largest absolute Gasteiger partial charge is 0.392 e. The second kappa shape index (κ2) is 4.13. The molecule has 8 rings (SSSR count). The summed E-state index contributed by atoms with van der Waals surface area (Å²) >= 11 is 0. The molecule has 3 N–H and O–H groups in total. The van der Waals surface area contributed by atoms with Crippen molar-refractivity contribution in [3.63, 3.8) is 0 Å². The van der Waals surface area contributed by atoms with Gasteiger partial charge in [-0.15, -0.1) is 0 Å². The molecule has 0 aromatic rings. The van der Waals surface area contributed by atoms with Crippen molar-refractivity contribution < 1.29 is 29.6 Å². The van der Waals surface area contributed by atoms with Crippen molar-refractivity contribution in [2.75, 3.05) is 0 Å². The van der Waals surface area contributed by atoms with Gasteiger partial charge in [0.25, 0.3) is 0 Å². The van der Waals surface area contributed by atoms with E-state index in [1.165, 1.54) is 0 Å². The van der Waals surface area contributed by atoms with Gasteiger partial charge < -0.3 is 24.8 Å². The summed E-state index contributed by atoms with van der Waals surface area (Å²) in [4.78, 5) is 13.4. The lowest BCUT2D eigenvalue weighted by atomic mass is 9.34. The highest BCUT2D eigenvalue weighted by Crippen LogP contribution is 2.81. The van der Waals surface area contributed by atoms with Crippen LogP contribution in [0.4, 0.5) is 0 Å². The van der Waals surface area contributed by atoms with Gasteiger partial charge in [-0.05, 0) is 42.6 Å². The van der Waals surface area contributed by atoms with Crippen LogP contribution in [-0.4, -0.2) is 51.5 Å². The first-order valence-electron chi connectivity index (χ1n) is 9.80. The number of hydrogen-bond acceptors (Lipinski definition) is 6. The van der Waals surface area contributed by atoms with E-state index in [1.54, 1.807) is 0 Å². The van der Waals surface area contributed by atoms with Gasteiger partial charge in [-0.25, -0.2) is 0 Å². The monoisotopic (exact) mass is 362 g/mol. The fraction of sp³-hybridized carbons (Fsp3) is 0.850. The third kappa shape index (κ3) is 1.19. The zero-order valence-electron chi connectivity index (χ0n) is 15.1. The Labute approximate surface area is 152 Å². The maximum Gasteiger partial charge on any atom is 0.211 e. The van der Waals surface area contributed by atoms with Crippen LogP contribution in [0.15, 0.2) is 12.2 Å². The molecule has 6 heteroatoms. The zero-order chi connectivity index (χ0) is 18.4. The molecular formula is C20H26O6. The SMILES string of the molecule is C=C1C(=O)[C@@]23[C@H]4O[C@H]5O[C@]2(O)[C@@H](O)[C@@H]2C(C)(C)CC[C@H](O)[C@]52[C@@H]3CCC14. The average Bonchev–Trinajstić information content (AvgIpc) is 2.71. The minimum Gasteiger partial charge on any atom is -0.392 e. The van der Waals surface area contributed by atoms with Crippen LogP contribution in [0, 0.1) is 34.0 Å². The number of aliphatic hydroxyl groups excluding tert-OH is 2. The summed E-state index contributed by atoms with van der Waals surface area (Å²) in [6.45, 7) is 8.14. The molecule has 0 radical (unpaired) electrons. The molecule has 8 fully saturated rings. The van der Waals surface area contributed by atoms with Crippen LogP contribution >= 0.6 is 0 Å². The van der Waals surface area contributed by atoms with Crippen molar-refractivity contribution in [2.45, 2.75) is 69.9 Å². The minimum absolute atomic E-state index is 0.133. The second-order valence-corrected chi connectivity index (χ2v) is 10.1. The lowest BCUT2D eigenvalue weighted by Gasteiger charge is -2.79. The Kier molecular flexibility index (Phi) is 2.57. The molecule has 4 aliphatic carbocycles. The average molecular weight is 362 g/mol. The first-order chi connectivity index (χ1) is 12.1. The van der Waals surface area contributed by atoms with Crippen LogP contribution < -0.4 is 0 Å². The van der Waals surface area contributed by atoms with Crippen LogP contribution in [-0.2, 0) is 14.3 Å². The van der Waals surface area contributed by atoms with E-state index in [4.69, 9.17) is 9.47 Å². The van der Waals surface area contributed by atoms with Gasteiger partial charge in [-0.1, -0.05) is 20.4 Å². The number of carbonyl (C=O) groups is 1. The first kappa shape index (κ1) is 16.2. The van der Waals surface area contributed by atoms with Crippen molar-refractivity contribution in [1.82, 2.24) is 0 Å². The number of carbonyl (C=O) groups excluding carboxylic acids is 1. The number of Topliss-reactive ketones (excluding diaryl/α,β-unsaturated/α-hetero) is 1. The number of ether oxygens (including phenoxy) is 2. The lowest BCUT2D eigenvalue weighted by Crippen LogP contribution is -2.91. The molecule has 6 nitrogen and oxygen atoms in total. The van der Waals surface area contributed by atoms with Crippen LogP contribution in [0.5, 0.6) is 0 Å². The minimum atomic E-state index is -1.97. The summed E-state index contributed by atoms with van der Waals surface area (Å²) in [6, 6.07) is 0. The summed E-state index contributed by atoms with van der Waals surface area (Å²) in [5.74, 6) is -2.99. The second-order valence-electron chi connectivity index (χ2n) is 10.1. The predicted molar refractivity (Wildman–Crippen MR) is 88.4 cm³/mol. The number of aliphatic hydroxyl groups is 3. The lowest BCUT2D eigenvalue weighted by molar-refractivity contribution is -0.556. The van der Waals surface area contributed by atoms with Crippen LogP contribution in [0.2, 0.25) is 0 Å². The molecule has 0 aromatic carbocycles. The van der Waals surface area contributed by atoms with Crippen LogP contribution in [0.25, 0.3) is 0 Å². The van der Waals surface area contributed by atoms with E-state index >= 15 is 0 Å². The van der Waals surface area contributed by atoms with E-state index in [-0.39, 0.29) is 23.0 Å². The Bertz CT molecular complexity index is 761. The Morgan fingerprint density at radius 2 is 1.92 bits per heavy atom. The van der Waals surface area contributed by atoms with Gasteiger partial charge in [0.2, 0.25) is 5.79 Å². The van der Waals surface area contributed by atoms with Gasteiger partial charge >= 0.3 is 0 Å². The van der Waals surface area contributed by atoms with Crippen molar-refractivity contribution in [1.29, 1.82) is 0 Å². The molecule has 10 atom stereocenters. The Hall–Kier alpha value is -0.790. The maximum atomic E-state index is 13.4. The number of hydrogen-bond donors (Lipinski definition) is 3. The van der Waals surface area contributed by atoms with E-state index in [9.17, 15) is 20.1 Å². The molecule has 0 amide bonds. The van der Waals surface area contributed by atoms with Crippen LogP contribution in [0.3, 0.4) is 0 Å². The third-order valence-electron chi connectivity index (χ3n) is 9.14. The van der Waals surface area contributed by atoms with E-state index in [1.807, 2.05) is 0 Å². The molecule has 2 spiro atoms. The zero-order valence-corrected chi connectivity index (χ0v) is 15.1. The van der Waals surface area contributed by atoms with E-state index in [0.29, 0.717) is 18.4 Å². The highest BCUT2D eigenvalue weighted by Gasteiger charge is 2.92. The van der Waals surface area contributed by atoms with Gasteiger partial charge in [0.15, 0.2) is 12.1 Å². The van der Waals surface area contributed by atoms with Crippen molar-refractivity contribution in [2.24, 2.45) is 34.0 Å². The Morgan fingerprint density at radius 1 is 1.19 bits per heavy atom. The molecule has 4 saturated heterocycles. The smallest absolute Gasteiger partial charge is 0.211 e. The summed E-state index contributed by atoms with van der Waals surface area (Å²) in [6.07, 6.45) is -0.473. The van der Waals surface area contributed by atoms with Gasteiger partial charge in [-0.2, -0.15) is 0 Å². The Balaban J connectivity index is 1.70. The normalized spacial score (nSPS) is 64.0. The molecule has 0 aromatic heterocycles. The highest BCUT2D eigenvalue weighted by molar-refractivity contribution is 6.05. The molecule has 4 saturated carbocycles. The molecule has 26 heavy (non-hydrogen) atoms. The van der Waals surface area contributed by atoms with E-state index in [2.05, 4.69) is 20.4 Å². The number of rotatable bonds is 0. The highest BCUT2D eigenvalue weighted by atomic mass is 16.8. The summed E-state index contributed by atoms with van der Waals surface area (Å²) < 4.78 is 12.3. The standard InChI is InChI=1S/C20H26O6/c1-8-9-4-5-10-18-11(21)6-7-17(2,3)12(18)14(23)20(24)19(10,13(8)22)15(9)25-16(18)26-20/h9-12,14-16,21,23-24H,1,4-7H2,2-3H3/t9?,10-,11-,12+,14-,15-,16-,18-,19-,20+/m0/s1. The summed E-state index contributed by atoms with van der Waals surface area (Å²) in [7, 11) is 0. The molecule has 142 valence electrons. The molecule has 4 aliphatic heterocycles. The predicted octanol–water partition coefficient (Wildman–Crippen LogP) is 0.740. The number of ketones is 1. The van der Waals surface area contributed by atoms with Crippen LogP contribution in [0.1, 0.15) is 39.5 Å². The first-order valence-corrected chi connectivity index (χ1v) is 9.80. The van der Waals surface area contributed by atoms with Gasteiger partial charge in [0, 0.05) is 11.8 Å². The van der Waals surface area contributed by atoms with Crippen molar-refractivity contribution in [3.05, 3.63) is 12.2 Å². The molecular weight excluding hydrogens is 336 g/mol. The molecule has 4 heterocycles. The fourth-order valence-electron chi connectivity index (χ4n) is 8.38.